The fraction of sp³-hybridized carbons (Fsp3) is 0.333. The molecule has 0 bridgehead atoms. The van der Waals surface area contributed by atoms with E-state index in [0.717, 1.165) is 23.1 Å². The summed E-state index contributed by atoms with van der Waals surface area (Å²) < 4.78 is 0. The van der Waals surface area contributed by atoms with E-state index in [9.17, 15) is 9.59 Å². The first-order valence-electron chi connectivity index (χ1n) is 4.95. The molecular formula is C12H15NO2. The van der Waals surface area contributed by atoms with Gasteiger partial charge in [0.15, 0.2) is 0 Å². The SMILES string of the molecule is Cc1cccc(NC(=O)CCC=O)c1C. The third kappa shape index (κ3) is 3.20. The van der Waals surface area contributed by atoms with Gasteiger partial charge in [-0.1, -0.05) is 12.1 Å². The molecule has 0 spiro atoms. The van der Waals surface area contributed by atoms with Crippen LogP contribution in [0, 0.1) is 13.8 Å². The topological polar surface area (TPSA) is 46.2 Å². The molecule has 3 nitrogen and oxygen atoms in total. The molecule has 15 heavy (non-hydrogen) atoms. The van der Waals surface area contributed by atoms with E-state index in [1.807, 2.05) is 32.0 Å². The second-order valence-corrected chi connectivity index (χ2v) is 3.50. The van der Waals surface area contributed by atoms with Crippen LogP contribution in [0.3, 0.4) is 0 Å². The Hall–Kier alpha value is -1.64. The largest absolute Gasteiger partial charge is 0.326 e. The normalized spacial score (nSPS) is 9.73. The fourth-order valence-corrected chi connectivity index (χ4v) is 1.29. The number of nitrogens with one attached hydrogen (secondary N) is 1. The number of hydrogen-bond donors (Lipinski definition) is 1. The Kier molecular flexibility index (Phi) is 4.03. The van der Waals surface area contributed by atoms with Gasteiger partial charge in [0.2, 0.25) is 5.91 Å². The summed E-state index contributed by atoms with van der Waals surface area (Å²) in [6.07, 6.45) is 1.27. The van der Waals surface area contributed by atoms with Gasteiger partial charge in [0.05, 0.1) is 0 Å². The van der Waals surface area contributed by atoms with Gasteiger partial charge in [-0.05, 0) is 31.0 Å². The monoisotopic (exact) mass is 205 g/mol. The second kappa shape index (κ2) is 5.29. The highest BCUT2D eigenvalue weighted by Gasteiger charge is 2.04. The van der Waals surface area contributed by atoms with Gasteiger partial charge in [-0.25, -0.2) is 0 Å². The molecule has 0 radical (unpaired) electrons. The minimum Gasteiger partial charge on any atom is -0.326 e. The molecule has 0 saturated heterocycles. The summed E-state index contributed by atoms with van der Waals surface area (Å²) in [6, 6.07) is 5.76. The summed E-state index contributed by atoms with van der Waals surface area (Å²) >= 11 is 0. The van der Waals surface area contributed by atoms with Gasteiger partial charge in [0.25, 0.3) is 0 Å². The zero-order chi connectivity index (χ0) is 11.3. The van der Waals surface area contributed by atoms with Crippen LogP contribution in [0.25, 0.3) is 0 Å². The first-order chi connectivity index (χ1) is 7.15. The molecule has 0 aliphatic rings. The first kappa shape index (κ1) is 11.4. The number of aryl methyl sites for hydroxylation is 1. The second-order valence-electron chi connectivity index (χ2n) is 3.50. The van der Waals surface area contributed by atoms with Gasteiger partial charge in [-0.3, -0.25) is 4.79 Å². The molecule has 1 amide bonds. The van der Waals surface area contributed by atoms with Crippen molar-refractivity contribution in [2.45, 2.75) is 26.7 Å². The summed E-state index contributed by atoms with van der Waals surface area (Å²) in [7, 11) is 0. The molecule has 3 heteroatoms. The van der Waals surface area contributed by atoms with Crippen molar-refractivity contribution in [2.75, 3.05) is 5.32 Å². The average Bonchev–Trinajstić information content (AvgIpc) is 2.22. The Labute approximate surface area is 89.5 Å². The van der Waals surface area contributed by atoms with Crippen LogP contribution in [0.2, 0.25) is 0 Å². The van der Waals surface area contributed by atoms with E-state index < -0.39 is 0 Å². The van der Waals surface area contributed by atoms with Gasteiger partial charge in [0.1, 0.15) is 6.29 Å². The fourth-order valence-electron chi connectivity index (χ4n) is 1.29. The number of carbonyl (C=O) groups is 2. The highest BCUT2D eigenvalue weighted by molar-refractivity contribution is 5.92. The van der Waals surface area contributed by atoms with Gasteiger partial charge < -0.3 is 10.1 Å². The van der Waals surface area contributed by atoms with E-state index in [1.54, 1.807) is 0 Å². The van der Waals surface area contributed by atoms with Crippen molar-refractivity contribution < 1.29 is 9.59 Å². The van der Waals surface area contributed by atoms with Crippen LogP contribution in [0.1, 0.15) is 24.0 Å². The molecule has 0 unspecified atom stereocenters. The number of aldehydes is 1. The number of rotatable bonds is 4. The average molecular weight is 205 g/mol. The Morgan fingerprint density at radius 3 is 2.80 bits per heavy atom. The van der Waals surface area contributed by atoms with Crippen molar-refractivity contribution in [1.29, 1.82) is 0 Å². The van der Waals surface area contributed by atoms with Crippen LogP contribution in [0.4, 0.5) is 5.69 Å². The predicted molar refractivity (Wildman–Crippen MR) is 59.8 cm³/mol. The standard InChI is InChI=1S/C12H15NO2/c1-9-5-3-6-11(10(9)2)13-12(15)7-4-8-14/h3,5-6,8H,4,7H2,1-2H3,(H,13,15). The molecule has 0 fully saturated rings. The minimum atomic E-state index is -0.115. The van der Waals surface area contributed by atoms with Crippen molar-refractivity contribution in [1.82, 2.24) is 0 Å². The summed E-state index contributed by atoms with van der Waals surface area (Å²) in [5.41, 5.74) is 3.03. The van der Waals surface area contributed by atoms with E-state index in [4.69, 9.17) is 0 Å². The Morgan fingerprint density at radius 2 is 2.13 bits per heavy atom. The molecule has 0 heterocycles. The van der Waals surface area contributed by atoms with E-state index in [0.29, 0.717) is 0 Å². The molecule has 1 rings (SSSR count). The lowest BCUT2D eigenvalue weighted by Gasteiger charge is -2.09. The smallest absolute Gasteiger partial charge is 0.224 e. The van der Waals surface area contributed by atoms with E-state index >= 15 is 0 Å². The Bertz CT molecular complexity index is 372. The Balaban J connectivity index is 2.68. The van der Waals surface area contributed by atoms with Gasteiger partial charge in [-0.15, -0.1) is 0 Å². The van der Waals surface area contributed by atoms with E-state index in [1.165, 1.54) is 0 Å². The zero-order valence-corrected chi connectivity index (χ0v) is 9.04. The highest BCUT2D eigenvalue weighted by atomic mass is 16.1. The highest BCUT2D eigenvalue weighted by Crippen LogP contribution is 2.17. The van der Waals surface area contributed by atoms with Crippen molar-refractivity contribution in [3.05, 3.63) is 29.3 Å². The van der Waals surface area contributed by atoms with E-state index in [2.05, 4.69) is 5.32 Å². The molecule has 0 aliphatic carbocycles. The molecule has 0 aliphatic heterocycles. The lowest BCUT2D eigenvalue weighted by Crippen LogP contribution is -2.12. The maximum atomic E-state index is 11.4. The van der Waals surface area contributed by atoms with Gasteiger partial charge >= 0.3 is 0 Å². The molecule has 0 atom stereocenters. The molecular weight excluding hydrogens is 190 g/mol. The van der Waals surface area contributed by atoms with Gasteiger partial charge in [-0.2, -0.15) is 0 Å². The summed E-state index contributed by atoms with van der Waals surface area (Å²) in [4.78, 5) is 21.5. The van der Waals surface area contributed by atoms with Crippen LogP contribution in [0.5, 0.6) is 0 Å². The lowest BCUT2D eigenvalue weighted by atomic mass is 10.1. The number of hydrogen-bond acceptors (Lipinski definition) is 2. The molecule has 0 aromatic heterocycles. The third-order valence-electron chi connectivity index (χ3n) is 2.37. The van der Waals surface area contributed by atoms with Crippen molar-refractivity contribution in [2.24, 2.45) is 0 Å². The number of benzene rings is 1. The van der Waals surface area contributed by atoms with Crippen LogP contribution in [0.15, 0.2) is 18.2 Å². The van der Waals surface area contributed by atoms with Gasteiger partial charge in [0, 0.05) is 18.5 Å². The number of carbonyl (C=O) groups excluding carboxylic acids is 2. The summed E-state index contributed by atoms with van der Waals surface area (Å²) in [5.74, 6) is -0.115. The first-order valence-corrected chi connectivity index (χ1v) is 4.95. The number of amides is 1. The van der Waals surface area contributed by atoms with Crippen molar-refractivity contribution >= 4 is 17.9 Å². The Morgan fingerprint density at radius 1 is 1.40 bits per heavy atom. The molecule has 0 saturated carbocycles. The maximum Gasteiger partial charge on any atom is 0.224 e. The van der Waals surface area contributed by atoms with Crippen molar-refractivity contribution in [3.63, 3.8) is 0 Å². The molecule has 80 valence electrons. The predicted octanol–water partition coefficient (Wildman–Crippen LogP) is 2.22. The van der Waals surface area contributed by atoms with E-state index in [-0.39, 0.29) is 18.7 Å². The minimum absolute atomic E-state index is 0.115. The molecule has 1 aromatic rings. The maximum absolute atomic E-state index is 11.4. The van der Waals surface area contributed by atoms with Crippen LogP contribution in [-0.4, -0.2) is 12.2 Å². The third-order valence-corrected chi connectivity index (χ3v) is 2.37. The summed E-state index contributed by atoms with van der Waals surface area (Å²) in [6.45, 7) is 3.96. The van der Waals surface area contributed by atoms with Crippen LogP contribution >= 0.6 is 0 Å². The molecule has 1 aromatic carbocycles. The number of anilines is 1. The van der Waals surface area contributed by atoms with Crippen LogP contribution < -0.4 is 5.32 Å². The van der Waals surface area contributed by atoms with Crippen LogP contribution in [-0.2, 0) is 9.59 Å². The molecule has 1 N–H and O–H groups in total. The summed E-state index contributed by atoms with van der Waals surface area (Å²) in [5, 5.41) is 2.79. The van der Waals surface area contributed by atoms with Crippen molar-refractivity contribution in [3.8, 4) is 0 Å². The zero-order valence-electron chi connectivity index (χ0n) is 9.04. The lowest BCUT2D eigenvalue weighted by molar-refractivity contribution is -0.118. The quantitative estimate of drug-likeness (QED) is 0.766.